The first kappa shape index (κ1) is 4.73. The van der Waals surface area contributed by atoms with Gasteiger partial charge < -0.3 is 4.74 Å². The normalized spacial score (nSPS) is 38.2. The molecule has 2 heterocycles. The summed E-state index contributed by atoms with van der Waals surface area (Å²) in [6.07, 6.45) is 0.259. The Hall–Kier alpha value is -0.120. The van der Waals surface area contributed by atoms with E-state index in [1.807, 2.05) is 0 Å². The van der Waals surface area contributed by atoms with Crippen LogP contribution in [0.25, 0.3) is 0 Å². The van der Waals surface area contributed by atoms with Gasteiger partial charge in [0.25, 0.3) is 0 Å². The lowest BCUT2D eigenvalue weighted by Gasteiger charge is -2.09. The van der Waals surface area contributed by atoms with Crippen molar-refractivity contribution in [2.75, 3.05) is 26.2 Å². The Bertz CT molecular complexity index is 76.4. The van der Waals surface area contributed by atoms with Crippen molar-refractivity contribution < 1.29 is 4.74 Å². The van der Waals surface area contributed by atoms with Gasteiger partial charge in [-0.15, -0.1) is 0 Å². The van der Waals surface area contributed by atoms with Crippen molar-refractivity contribution in [3.05, 3.63) is 0 Å². The van der Waals surface area contributed by atoms with E-state index in [-0.39, 0.29) is 6.35 Å². The fourth-order valence-electron chi connectivity index (χ4n) is 1.25. The average Bonchev–Trinajstić information content (AvgIpc) is 2.15. The number of ether oxygens (including phenoxy) is 1. The van der Waals surface area contributed by atoms with Gasteiger partial charge in [-0.05, 0) is 0 Å². The van der Waals surface area contributed by atoms with Crippen molar-refractivity contribution in [2.24, 2.45) is 0 Å². The van der Waals surface area contributed by atoms with Gasteiger partial charge in [0.15, 0.2) is 6.35 Å². The van der Waals surface area contributed by atoms with Crippen molar-refractivity contribution in [3.63, 3.8) is 0 Å². The molecule has 2 fully saturated rings. The summed E-state index contributed by atoms with van der Waals surface area (Å²) in [6.45, 7) is 4.25. The Morgan fingerprint density at radius 1 is 1.50 bits per heavy atom. The third-order valence-corrected chi connectivity index (χ3v) is 1.70. The van der Waals surface area contributed by atoms with E-state index in [1.54, 1.807) is 0 Å². The lowest BCUT2D eigenvalue weighted by atomic mass is 10.6. The molecular weight excluding hydrogens is 104 g/mol. The molecule has 0 amide bonds. The highest BCUT2D eigenvalue weighted by molar-refractivity contribution is 4.75. The van der Waals surface area contributed by atoms with Gasteiger partial charge in [0.05, 0.1) is 6.61 Å². The van der Waals surface area contributed by atoms with Crippen LogP contribution in [0.5, 0.6) is 0 Å². The van der Waals surface area contributed by atoms with E-state index in [0.717, 1.165) is 26.2 Å². The first-order chi connectivity index (χ1) is 3.97. The van der Waals surface area contributed by atoms with Crippen LogP contribution in [0.1, 0.15) is 0 Å². The number of fused-ring (bicyclic) bond motifs is 1. The smallest absolute Gasteiger partial charge is 0.166 e. The molecule has 2 aliphatic heterocycles. The molecule has 3 nitrogen and oxygen atoms in total. The van der Waals surface area contributed by atoms with E-state index in [1.165, 1.54) is 0 Å². The molecule has 2 rings (SSSR count). The first-order valence-electron chi connectivity index (χ1n) is 3.06. The van der Waals surface area contributed by atoms with Crippen LogP contribution >= 0.6 is 0 Å². The quantitative estimate of drug-likeness (QED) is 0.446. The van der Waals surface area contributed by atoms with Crippen LogP contribution in [0.15, 0.2) is 0 Å². The number of nitrogens with one attached hydrogen (secondary N) is 1. The third-order valence-electron chi connectivity index (χ3n) is 1.70. The van der Waals surface area contributed by atoms with Crippen LogP contribution in [0.4, 0.5) is 0 Å². The van der Waals surface area contributed by atoms with E-state index in [4.69, 9.17) is 4.74 Å². The van der Waals surface area contributed by atoms with Crippen LogP contribution in [-0.2, 0) is 4.74 Å². The van der Waals surface area contributed by atoms with Crippen molar-refractivity contribution in [3.8, 4) is 0 Å². The Kier molecular flexibility index (Phi) is 0.997. The lowest BCUT2D eigenvalue weighted by Crippen LogP contribution is -2.30. The van der Waals surface area contributed by atoms with Crippen molar-refractivity contribution in [1.82, 2.24) is 10.2 Å². The molecule has 0 aliphatic carbocycles. The standard InChI is InChI=1S/C5H10N2O/c1-2-7-3-4-8-5(7)6-1/h5-6H,1-4H2. The maximum Gasteiger partial charge on any atom is 0.166 e. The number of nitrogens with zero attached hydrogens (tertiary/aromatic N) is 1. The number of hydrogen-bond acceptors (Lipinski definition) is 3. The molecule has 0 saturated carbocycles. The van der Waals surface area contributed by atoms with Crippen molar-refractivity contribution >= 4 is 0 Å². The van der Waals surface area contributed by atoms with Crippen LogP contribution in [0.2, 0.25) is 0 Å². The summed E-state index contributed by atoms with van der Waals surface area (Å²) < 4.78 is 5.29. The minimum absolute atomic E-state index is 0.259. The molecular formula is C5H10N2O. The van der Waals surface area contributed by atoms with E-state index in [0.29, 0.717) is 0 Å². The van der Waals surface area contributed by atoms with Gasteiger partial charge in [-0.2, -0.15) is 0 Å². The zero-order chi connectivity index (χ0) is 5.40. The van der Waals surface area contributed by atoms with Crippen LogP contribution in [0, 0.1) is 0 Å². The second-order valence-electron chi connectivity index (χ2n) is 2.21. The summed E-state index contributed by atoms with van der Waals surface area (Å²) in [5.74, 6) is 0. The van der Waals surface area contributed by atoms with Gasteiger partial charge in [-0.3, -0.25) is 10.2 Å². The highest BCUT2D eigenvalue weighted by atomic mass is 16.5. The van der Waals surface area contributed by atoms with Crippen LogP contribution in [-0.4, -0.2) is 37.5 Å². The largest absolute Gasteiger partial charge is 0.348 e. The van der Waals surface area contributed by atoms with Gasteiger partial charge in [0, 0.05) is 19.6 Å². The summed E-state index contributed by atoms with van der Waals surface area (Å²) >= 11 is 0. The van der Waals surface area contributed by atoms with E-state index >= 15 is 0 Å². The molecule has 8 heavy (non-hydrogen) atoms. The molecule has 1 unspecified atom stereocenters. The zero-order valence-corrected chi connectivity index (χ0v) is 4.76. The highest BCUT2D eigenvalue weighted by Crippen LogP contribution is 2.09. The van der Waals surface area contributed by atoms with Gasteiger partial charge in [-0.1, -0.05) is 0 Å². The van der Waals surface area contributed by atoms with Gasteiger partial charge in [0.1, 0.15) is 0 Å². The van der Waals surface area contributed by atoms with E-state index in [2.05, 4.69) is 10.2 Å². The minimum atomic E-state index is 0.259. The Balaban J connectivity index is 2.04. The number of hydrogen-bond donors (Lipinski definition) is 1. The molecule has 2 saturated heterocycles. The molecule has 0 aromatic carbocycles. The predicted octanol–water partition coefficient (Wildman–Crippen LogP) is -0.795. The molecule has 1 atom stereocenters. The summed E-state index contributed by atoms with van der Waals surface area (Å²) in [5, 5.41) is 3.22. The van der Waals surface area contributed by atoms with Gasteiger partial charge in [0.2, 0.25) is 0 Å². The third kappa shape index (κ3) is 0.555. The Morgan fingerprint density at radius 3 is 3.38 bits per heavy atom. The molecule has 2 aliphatic rings. The molecule has 46 valence electrons. The molecule has 0 aromatic rings. The molecule has 1 N–H and O–H groups in total. The maximum atomic E-state index is 5.29. The minimum Gasteiger partial charge on any atom is -0.348 e. The summed E-state index contributed by atoms with van der Waals surface area (Å²) in [6, 6.07) is 0. The first-order valence-corrected chi connectivity index (χ1v) is 3.06. The van der Waals surface area contributed by atoms with E-state index < -0.39 is 0 Å². The average molecular weight is 114 g/mol. The highest BCUT2D eigenvalue weighted by Gasteiger charge is 2.28. The zero-order valence-electron chi connectivity index (χ0n) is 4.76. The molecule has 3 heteroatoms. The second-order valence-corrected chi connectivity index (χ2v) is 2.21. The summed E-state index contributed by atoms with van der Waals surface area (Å²) in [7, 11) is 0. The molecule has 0 radical (unpaired) electrons. The molecule has 0 bridgehead atoms. The van der Waals surface area contributed by atoms with Crippen molar-refractivity contribution in [1.29, 1.82) is 0 Å². The molecule has 0 spiro atoms. The predicted molar refractivity (Wildman–Crippen MR) is 29.3 cm³/mol. The summed E-state index contributed by atoms with van der Waals surface area (Å²) in [5.41, 5.74) is 0. The topological polar surface area (TPSA) is 24.5 Å². The Labute approximate surface area is 48.6 Å². The van der Waals surface area contributed by atoms with Crippen LogP contribution < -0.4 is 5.32 Å². The molecule has 0 aromatic heterocycles. The van der Waals surface area contributed by atoms with E-state index in [9.17, 15) is 0 Å². The lowest BCUT2D eigenvalue weighted by molar-refractivity contribution is 0.0430. The number of rotatable bonds is 0. The van der Waals surface area contributed by atoms with Gasteiger partial charge in [-0.25, -0.2) is 0 Å². The fourth-order valence-corrected chi connectivity index (χ4v) is 1.25. The van der Waals surface area contributed by atoms with Crippen molar-refractivity contribution in [2.45, 2.75) is 6.35 Å². The monoisotopic (exact) mass is 114 g/mol. The Morgan fingerprint density at radius 2 is 2.50 bits per heavy atom. The maximum absolute atomic E-state index is 5.29. The SMILES string of the molecule is C1CN2CCOC2N1. The van der Waals surface area contributed by atoms with Crippen LogP contribution in [0.3, 0.4) is 0 Å². The fraction of sp³-hybridized carbons (Fsp3) is 1.00. The summed E-state index contributed by atoms with van der Waals surface area (Å²) in [4.78, 5) is 2.31. The van der Waals surface area contributed by atoms with Gasteiger partial charge >= 0.3 is 0 Å². The second kappa shape index (κ2) is 1.69.